The Balaban J connectivity index is 3.33. The Morgan fingerprint density at radius 2 is 2.18 bits per heavy atom. The summed E-state index contributed by atoms with van der Waals surface area (Å²) in [7, 11) is 0. The fourth-order valence-electron chi connectivity index (χ4n) is 1.32. The first kappa shape index (κ1) is 13.2. The summed E-state index contributed by atoms with van der Waals surface area (Å²) in [6, 6.07) is 3.58. The van der Waals surface area contributed by atoms with Gasteiger partial charge in [0.1, 0.15) is 11.5 Å². The highest BCUT2D eigenvalue weighted by atomic mass is 35.5. The molecule has 0 radical (unpaired) electrons. The second kappa shape index (κ2) is 5.45. The van der Waals surface area contributed by atoms with Crippen LogP contribution in [0.4, 0.5) is 4.39 Å². The molecule has 0 aliphatic carbocycles. The Bertz CT molecular complexity index is 499. The fraction of sp³-hybridized carbons (Fsp3) is 0.0909. The van der Waals surface area contributed by atoms with Crippen LogP contribution in [-0.4, -0.2) is 17.5 Å². The van der Waals surface area contributed by atoms with E-state index in [1.165, 1.54) is 13.0 Å². The fourth-order valence-corrected chi connectivity index (χ4v) is 1.63. The second-order valence-corrected chi connectivity index (χ2v) is 3.60. The van der Waals surface area contributed by atoms with Crippen LogP contribution in [0.3, 0.4) is 0 Å². The molecule has 0 saturated heterocycles. The summed E-state index contributed by atoms with van der Waals surface area (Å²) in [4.78, 5) is 21.2. The van der Waals surface area contributed by atoms with Gasteiger partial charge in [0, 0.05) is 0 Å². The number of allylic oxidation sites excluding steroid dienone is 1. The van der Waals surface area contributed by atoms with Gasteiger partial charge in [-0.3, -0.25) is 4.79 Å². The summed E-state index contributed by atoms with van der Waals surface area (Å²) in [6.07, 6.45) is 0.254. The van der Waals surface area contributed by atoms with Crippen LogP contribution in [0.25, 0.3) is 5.57 Å². The van der Waals surface area contributed by atoms with Crippen molar-refractivity contribution in [3.8, 4) is 0 Å². The number of nitrogens with one attached hydrogen (secondary N) is 1. The van der Waals surface area contributed by atoms with Gasteiger partial charge < -0.3 is 10.4 Å². The van der Waals surface area contributed by atoms with Gasteiger partial charge in [-0.25, -0.2) is 9.18 Å². The minimum absolute atomic E-state index is 0.0777. The zero-order valence-electron chi connectivity index (χ0n) is 8.83. The highest BCUT2D eigenvalue weighted by Gasteiger charge is 2.14. The maximum Gasteiger partial charge on any atom is 0.352 e. The van der Waals surface area contributed by atoms with Gasteiger partial charge in [0.05, 0.1) is 5.02 Å². The molecule has 0 spiro atoms. The van der Waals surface area contributed by atoms with E-state index in [0.29, 0.717) is 5.56 Å². The molecule has 4 nitrogen and oxygen atoms in total. The molecule has 1 aromatic carbocycles. The Kier molecular flexibility index (Phi) is 4.23. The van der Waals surface area contributed by atoms with Crippen LogP contribution in [0, 0.1) is 5.82 Å². The van der Waals surface area contributed by atoms with Crippen LogP contribution >= 0.6 is 11.6 Å². The summed E-state index contributed by atoms with van der Waals surface area (Å²) in [5.41, 5.74) is 0.294. The van der Waals surface area contributed by atoms with Gasteiger partial charge in [0.2, 0.25) is 6.41 Å². The van der Waals surface area contributed by atoms with E-state index in [0.717, 1.165) is 12.1 Å². The third kappa shape index (κ3) is 3.04. The van der Waals surface area contributed by atoms with Crippen molar-refractivity contribution >= 4 is 29.6 Å². The van der Waals surface area contributed by atoms with Crippen molar-refractivity contribution in [2.75, 3.05) is 0 Å². The Labute approximate surface area is 102 Å². The van der Waals surface area contributed by atoms with Crippen molar-refractivity contribution in [3.63, 3.8) is 0 Å². The van der Waals surface area contributed by atoms with Crippen molar-refractivity contribution < 1.29 is 19.1 Å². The predicted molar refractivity (Wildman–Crippen MR) is 60.8 cm³/mol. The lowest BCUT2D eigenvalue weighted by atomic mass is 10.1. The van der Waals surface area contributed by atoms with E-state index < -0.39 is 11.8 Å². The van der Waals surface area contributed by atoms with Gasteiger partial charge in [-0.15, -0.1) is 0 Å². The molecule has 0 aromatic heterocycles. The summed E-state index contributed by atoms with van der Waals surface area (Å²) < 4.78 is 12.8. The molecule has 1 rings (SSSR count). The number of halogens is 2. The van der Waals surface area contributed by atoms with Gasteiger partial charge >= 0.3 is 5.97 Å². The maximum absolute atomic E-state index is 12.8. The quantitative estimate of drug-likeness (QED) is 0.641. The lowest BCUT2D eigenvalue weighted by molar-refractivity contribution is -0.133. The van der Waals surface area contributed by atoms with E-state index in [1.807, 2.05) is 0 Å². The molecule has 0 aliphatic heterocycles. The van der Waals surface area contributed by atoms with E-state index in [9.17, 15) is 14.0 Å². The number of carbonyl (C=O) groups excluding carboxylic acids is 1. The molecule has 0 bridgehead atoms. The van der Waals surface area contributed by atoms with Gasteiger partial charge in [-0.2, -0.15) is 0 Å². The Morgan fingerprint density at radius 1 is 1.53 bits per heavy atom. The minimum Gasteiger partial charge on any atom is -0.477 e. The molecular weight excluding hydrogens is 249 g/mol. The van der Waals surface area contributed by atoms with Gasteiger partial charge in [-0.1, -0.05) is 17.7 Å². The molecule has 0 saturated carbocycles. The molecule has 0 atom stereocenters. The number of amides is 1. The normalized spacial score (nSPS) is 11.7. The van der Waals surface area contributed by atoms with Gasteiger partial charge in [0.15, 0.2) is 0 Å². The van der Waals surface area contributed by atoms with Crippen molar-refractivity contribution in [2.45, 2.75) is 6.92 Å². The smallest absolute Gasteiger partial charge is 0.352 e. The van der Waals surface area contributed by atoms with E-state index in [4.69, 9.17) is 16.7 Å². The molecule has 17 heavy (non-hydrogen) atoms. The molecule has 0 aliphatic rings. The maximum atomic E-state index is 12.8. The second-order valence-electron chi connectivity index (χ2n) is 3.19. The van der Waals surface area contributed by atoms with Crippen molar-refractivity contribution in [1.82, 2.24) is 5.32 Å². The highest BCUT2D eigenvalue weighted by Crippen LogP contribution is 2.26. The summed E-state index contributed by atoms with van der Waals surface area (Å²) in [5, 5.41) is 11.0. The van der Waals surface area contributed by atoms with Crippen LogP contribution in [0.15, 0.2) is 23.9 Å². The molecule has 0 heterocycles. The van der Waals surface area contributed by atoms with Crippen molar-refractivity contribution in [2.24, 2.45) is 0 Å². The standard InChI is InChI=1S/C11H9ClFNO3/c1-6(10(11(16)17)14-5-15)8-3-2-7(13)4-9(8)12/h2-5H,1H3,(H,14,15)(H,16,17). The largest absolute Gasteiger partial charge is 0.477 e. The summed E-state index contributed by atoms with van der Waals surface area (Å²) in [6.45, 7) is 1.47. The van der Waals surface area contributed by atoms with E-state index >= 15 is 0 Å². The molecule has 1 amide bonds. The average molecular weight is 258 g/mol. The van der Waals surface area contributed by atoms with E-state index in [2.05, 4.69) is 5.32 Å². The molecule has 1 aromatic rings. The number of hydrogen-bond acceptors (Lipinski definition) is 2. The number of benzene rings is 1. The molecule has 6 heteroatoms. The first-order valence-electron chi connectivity index (χ1n) is 4.57. The third-order valence-corrected chi connectivity index (χ3v) is 2.44. The Morgan fingerprint density at radius 3 is 2.65 bits per heavy atom. The highest BCUT2D eigenvalue weighted by molar-refractivity contribution is 6.32. The molecule has 0 fully saturated rings. The number of carboxylic acid groups (broad SMARTS) is 1. The summed E-state index contributed by atoms with van der Waals surface area (Å²) >= 11 is 5.79. The number of carboxylic acids is 1. The zero-order valence-corrected chi connectivity index (χ0v) is 9.58. The van der Waals surface area contributed by atoms with Crippen LogP contribution < -0.4 is 5.32 Å². The van der Waals surface area contributed by atoms with Crippen LogP contribution in [0.2, 0.25) is 5.02 Å². The number of aliphatic carboxylic acids is 1. The van der Waals surface area contributed by atoms with E-state index in [-0.39, 0.29) is 22.7 Å². The van der Waals surface area contributed by atoms with Crippen LogP contribution in [-0.2, 0) is 9.59 Å². The van der Waals surface area contributed by atoms with Gasteiger partial charge in [0.25, 0.3) is 0 Å². The van der Waals surface area contributed by atoms with E-state index in [1.54, 1.807) is 0 Å². The minimum atomic E-state index is -1.30. The number of carbonyl (C=O) groups is 2. The van der Waals surface area contributed by atoms with Crippen LogP contribution in [0.5, 0.6) is 0 Å². The molecule has 2 N–H and O–H groups in total. The lowest BCUT2D eigenvalue weighted by Crippen LogP contribution is -2.20. The third-order valence-electron chi connectivity index (χ3n) is 2.13. The first-order chi connectivity index (χ1) is 7.97. The SMILES string of the molecule is CC(=C(NC=O)C(=O)O)c1ccc(F)cc1Cl. The monoisotopic (exact) mass is 257 g/mol. The topological polar surface area (TPSA) is 66.4 Å². The van der Waals surface area contributed by atoms with Gasteiger partial charge in [-0.05, 0) is 30.2 Å². The molecular formula is C11H9ClFNO3. The molecule has 0 unspecified atom stereocenters. The van der Waals surface area contributed by atoms with Crippen molar-refractivity contribution in [1.29, 1.82) is 0 Å². The first-order valence-corrected chi connectivity index (χ1v) is 4.95. The number of hydrogen-bond donors (Lipinski definition) is 2. The lowest BCUT2D eigenvalue weighted by Gasteiger charge is -2.09. The summed E-state index contributed by atoms with van der Waals surface area (Å²) in [5.74, 6) is -1.82. The average Bonchev–Trinajstić information content (AvgIpc) is 2.24. The zero-order chi connectivity index (χ0) is 13.0. The Hall–Kier alpha value is -1.88. The predicted octanol–water partition coefficient (Wildman–Crippen LogP) is 2.04. The van der Waals surface area contributed by atoms with Crippen molar-refractivity contribution in [3.05, 3.63) is 40.3 Å². The number of rotatable bonds is 4. The molecule has 90 valence electrons. The van der Waals surface area contributed by atoms with Crippen LogP contribution in [0.1, 0.15) is 12.5 Å².